The van der Waals surface area contributed by atoms with Gasteiger partial charge in [-0.2, -0.15) is 0 Å². The zero-order valence-electron chi connectivity index (χ0n) is 13.9. The molecule has 1 heterocycles. The van der Waals surface area contributed by atoms with Gasteiger partial charge in [-0.1, -0.05) is 19.1 Å². The van der Waals surface area contributed by atoms with E-state index in [4.69, 9.17) is 0 Å². The van der Waals surface area contributed by atoms with Gasteiger partial charge < -0.3 is 9.80 Å². The molecule has 1 atom stereocenters. The Balaban J connectivity index is 2.03. The van der Waals surface area contributed by atoms with Crippen molar-refractivity contribution in [3.8, 4) is 0 Å². The third-order valence-electron chi connectivity index (χ3n) is 4.49. The van der Waals surface area contributed by atoms with E-state index in [1.807, 2.05) is 29.2 Å². The second-order valence-electron chi connectivity index (χ2n) is 6.02. The van der Waals surface area contributed by atoms with Crippen molar-refractivity contribution in [3.63, 3.8) is 0 Å². The number of anilines is 1. The highest BCUT2D eigenvalue weighted by molar-refractivity contribution is 9.10. The normalized spacial score (nSPS) is 17.9. The van der Waals surface area contributed by atoms with Crippen LogP contribution in [0.15, 0.2) is 28.7 Å². The van der Waals surface area contributed by atoms with Crippen LogP contribution in [0.4, 0.5) is 5.69 Å². The minimum Gasteiger partial charge on any atom is -0.340 e. The molecule has 0 N–H and O–H groups in total. The van der Waals surface area contributed by atoms with E-state index >= 15 is 0 Å². The molecule has 0 radical (unpaired) electrons. The average Bonchev–Trinajstić information content (AvgIpc) is 2.56. The van der Waals surface area contributed by atoms with Crippen LogP contribution < -0.4 is 4.90 Å². The Bertz CT molecular complexity index is 562. The third-order valence-corrected chi connectivity index (χ3v) is 5.16. The van der Waals surface area contributed by atoms with Gasteiger partial charge in [-0.25, -0.2) is 0 Å². The van der Waals surface area contributed by atoms with E-state index in [9.17, 15) is 9.59 Å². The van der Waals surface area contributed by atoms with Crippen LogP contribution >= 0.6 is 15.9 Å². The van der Waals surface area contributed by atoms with Crippen LogP contribution in [-0.2, 0) is 9.59 Å². The molecule has 1 aliphatic rings. The lowest BCUT2D eigenvalue weighted by Gasteiger charge is -2.36. The molecule has 23 heavy (non-hydrogen) atoms. The molecule has 1 fully saturated rings. The summed E-state index contributed by atoms with van der Waals surface area (Å²) in [6.45, 7) is 4.95. The number of nitrogens with zero attached hydrogens (tertiary/aromatic N) is 2. The van der Waals surface area contributed by atoms with Crippen molar-refractivity contribution in [2.75, 3.05) is 18.0 Å². The molecule has 0 spiro atoms. The van der Waals surface area contributed by atoms with Crippen molar-refractivity contribution in [1.82, 2.24) is 4.90 Å². The largest absolute Gasteiger partial charge is 0.340 e. The number of halogens is 1. The van der Waals surface area contributed by atoms with Gasteiger partial charge in [0.25, 0.3) is 0 Å². The fourth-order valence-corrected chi connectivity index (χ4v) is 3.72. The molecular formula is C18H25BrN2O2. The molecule has 0 bridgehead atoms. The Morgan fingerprint density at radius 3 is 2.70 bits per heavy atom. The highest BCUT2D eigenvalue weighted by Gasteiger charge is 2.26. The predicted molar refractivity (Wildman–Crippen MR) is 96.4 cm³/mol. The molecule has 1 aromatic rings. The Morgan fingerprint density at radius 1 is 1.30 bits per heavy atom. The van der Waals surface area contributed by atoms with Gasteiger partial charge in [-0.3, -0.25) is 9.59 Å². The van der Waals surface area contributed by atoms with Gasteiger partial charge in [-0.05, 0) is 53.7 Å². The zero-order chi connectivity index (χ0) is 16.8. The van der Waals surface area contributed by atoms with Crippen molar-refractivity contribution in [3.05, 3.63) is 28.7 Å². The zero-order valence-corrected chi connectivity index (χ0v) is 15.5. The molecule has 0 aliphatic carbocycles. The molecule has 2 rings (SSSR count). The minimum absolute atomic E-state index is 0.0459. The van der Waals surface area contributed by atoms with Crippen LogP contribution in [-0.4, -0.2) is 35.8 Å². The lowest BCUT2D eigenvalue weighted by Crippen LogP contribution is -2.44. The summed E-state index contributed by atoms with van der Waals surface area (Å²) >= 11 is 3.48. The van der Waals surface area contributed by atoms with E-state index in [1.54, 1.807) is 11.8 Å². The van der Waals surface area contributed by atoms with Crippen molar-refractivity contribution in [2.24, 2.45) is 0 Å². The quantitative estimate of drug-likeness (QED) is 0.774. The molecule has 1 aliphatic heterocycles. The van der Waals surface area contributed by atoms with Crippen LogP contribution in [0.1, 0.15) is 46.0 Å². The predicted octanol–water partition coefficient (Wildman–Crippen LogP) is 3.98. The summed E-state index contributed by atoms with van der Waals surface area (Å²) in [6.07, 6.45) is 4.77. The van der Waals surface area contributed by atoms with E-state index in [0.29, 0.717) is 19.0 Å². The van der Waals surface area contributed by atoms with Gasteiger partial charge in [0, 0.05) is 36.9 Å². The maximum atomic E-state index is 12.6. The highest BCUT2D eigenvalue weighted by atomic mass is 79.9. The summed E-state index contributed by atoms with van der Waals surface area (Å²) in [4.78, 5) is 28.3. The highest BCUT2D eigenvalue weighted by Crippen LogP contribution is 2.26. The summed E-state index contributed by atoms with van der Waals surface area (Å²) in [5.74, 6) is 0.116. The summed E-state index contributed by atoms with van der Waals surface area (Å²) in [6, 6.07) is 7.98. The first kappa shape index (κ1) is 18.0. The van der Waals surface area contributed by atoms with Gasteiger partial charge >= 0.3 is 0 Å². The summed E-state index contributed by atoms with van der Waals surface area (Å²) in [5, 5.41) is 0. The first-order valence-corrected chi connectivity index (χ1v) is 9.16. The fraction of sp³-hybridized carbons (Fsp3) is 0.556. The summed E-state index contributed by atoms with van der Waals surface area (Å²) in [7, 11) is 0. The topological polar surface area (TPSA) is 40.6 Å². The van der Waals surface area contributed by atoms with Gasteiger partial charge in [-0.15, -0.1) is 0 Å². The molecule has 1 aromatic carbocycles. The first-order valence-electron chi connectivity index (χ1n) is 8.36. The van der Waals surface area contributed by atoms with Crippen molar-refractivity contribution in [2.45, 2.75) is 52.0 Å². The maximum absolute atomic E-state index is 12.6. The summed E-state index contributed by atoms with van der Waals surface area (Å²) in [5.41, 5.74) is 0.818. The number of hydrogen-bond donors (Lipinski definition) is 0. The number of para-hydroxylation sites is 1. The molecule has 1 unspecified atom stereocenters. The third kappa shape index (κ3) is 4.56. The van der Waals surface area contributed by atoms with Crippen LogP contribution in [0.25, 0.3) is 0 Å². The smallest absolute Gasteiger partial charge is 0.224 e. The molecule has 2 amide bonds. The Kier molecular flexibility index (Phi) is 6.63. The molecule has 5 heteroatoms. The molecular weight excluding hydrogens is 356 g/mol. The minimum atomic E-state index is -0.0459. The average molecular weight is 381 g/mol. The number of carbonyl (C=O) groups is 2. The van der Waals surface area contributed by atoms with Crippen LogP contribution in [0.2, 0.25) is 0 Å². The van der Waals surface area contributed by atoms with Gasteiger partial charge in [0.1, 0.15) is 0 Å². The van der Waals surface area contributed by atoms with Crippen LogP contribution in [0.3, 0.4) is 0 Å². The van der Waals surface area contributed by atoms with Crippen LogP contribution in [0, 0.1) is 0 Å². The van der Waals surface area contributed by atoms with E-state index < -0.39 is 0 Å². The molecule has 0 saturated carbocycles. The van der Waals surface area contributed by atoms with E-state index in [0.717, 1.165) is 36.0 Å². The van der Waals surface area contributed by atoms with Crippen molar-refractivity contribution < 1.29 is 9.59 Å². The number of hydrogen-bond acceptors (Lipinski definition) is 2. The Labute approximate surface area is 147 Å². The number of amides is 2. The van der Waals surface area contributed by atoms with Crippen molar-refractivity contribution in [1.29, 1.82) is 0 Å². The number of rotatable bonds is 5. The molecule has 1 saturated heterocycles. The summed E-state index contributed by atoms with van der Waals surface area (Å²) < 4.78 is 0.868. The molecule has 126 valence electrons. The standard InChI is InChI=1S/C18H25BrN2O2/c1-3-15-8-6-7-12-21(15)18(23)11-13-20(14(2)22)17-10-5-4-9-16(17)19/h4-5,9-10,15H,3,6-8,11-13H2,1-2H3. The lowest BCUT2D eigenvalue weighted by atomic mass is 9.99. The lowest BCUT2D eigenvalue weighted by molar-refractivity contribution is -0.134. The first-order chi connectivity index (χ1) is 11.0. The number of carbonyl (C=O) groups excluding carboxylic acids is 2. The Morgan fingerprint density at radius 2 is 2.04 bits per heavy atom. The van der Waals surface area contributed by atoms with E-state index in [2.05, 4.69) is 22.9 Å². The second kappa shape index (κ2) is 8.48. The SMILES string of the molecule is CCC1CCCCN1C(=O)CCN(C(C)=O)c1ccccc1Br. The van der Waals surface area contributed by atoms with Gasteiger partial charge in [0.05, 0.1) is 5.69 Å². The van der Waals surface area contributed by atoms with Gasteiger partial charge in [0.2, 0.25) is 11.8 Å². The number of likely N-dealkylation sites (tertiary alicyclic amines) is 1. The molecule has 4 nitrogen and oxygen atoms in total. The maximum Gasteiger partial charge on any atom is 0.224 e. The van der Waals surface area contributed by atoms with E-state index in [1.165, 1.54) is 6.42 Å². The monoisotopic (exact) mass is 380 g/mol. The van der Waals surface area contributed by atoms with Gasteiger partial charge in [0.15, 0.2) is 0 Å². The second-order valence-corrected chi connectivity index (χ2v) is 6.87. The molecule has 0 aromatic heterocycles. The van der Waals surface area contributed by atoms with Crippen LogP contribution in [0.5, 0.6) is 0 Å². The van der Waals surface area contributed by atoms with Crippen molar-refractivity contribution >= 4 is 33.4 Å². The number of benzene rings is 1. The number of piperidine rings is 1. The Hall–Kier alpha value is -1.36. The fourth-order valence-electron chi connectivity index (χ4n) is 3.22. The van der Waals surface area contributed by atoms with E-state index in [-0.39, 0.29) is 11.8 Å².